The largest absolute Gasteiger partial charge is 0.457 e. The molecule has 0 saturated heterocycles. The molecule has 0 saturated carbocycles. The number of hydrogen-bond acceptors (Lipinski definition) is 3. The Morgan fingerprint density at radius 2 is 1.77 bits per heavy atom. The number of carbonyl (C=O) groups is 1. The molecule has 0 aliphatic carbocycles. The molecule has 3 rings (SSSR count). The van der Waals surface area contributed by atoms with Crippen molar-refractivity contribution in [2.75, 3.05) is 5.32 Å². The summed E-state index contributed by atoms with van der Waals surface area (Å²) in [6.07, 6.45) is 1.44. The third-order valence-electron chi connectivity index (χ3n) is 3.72. The first kappa shape index (κ1) is 18.0. The molecule has 0 aliphatic heterocycles. The predicted molar refractivity (Wildman–Crippen MR) is 110 cm³/mol. The van der Waals surface area contributed by atoms with E-state index < -0.39 is 5.91 Å². The fraction of sp³-hybridized carbons (Fsp3) is 0.0476. The number of rotatable bonds is 4. The standard InChI is InChI=1S/C21H15IN2O2/c1-14-2-8-18(9-3-14)24-21(25)16(13-23)12-19-10-11-20(26-19)15-4-6-17(22)7-5-15/h2-12H,1H3,(H,24,25)/b16-12+. The number of carbonyl (C=O) groups excluding carboxylic acids is 1. The van der Waals surface area contributed by atoms with Gasteiger partial charge >= 0.3 is 0 Å². The first-order valence-electron chi connectivity index (χ1n) is 7.91. The summed E-state index contributed by atoms with van der Waals surface area (Å²) in [5.74, 6) is 0.668. The first-order chi connectivity index (χ1) is 12.5. The molecular weight excluding hydrogens is 439 g/mol. The number of nitriles is 1. The van der Waals surface area contributed by atoms with Gasteiger partial charge in [-0.15, -0.1) is 0 Å². The quantitative estimate of drug-likeness (QED) is 0.326. The van der Waals surface area contributed by atoms with Crippen molar-refractivity contribution < 1.29 is 9.21 Å². The summed E-state index contributed by atoms with van der Waals surface area (Å²) in [6.45, 7) is 1.97. The zero-order chi connectivity index (χ0) is 18.5. The second-order valence-electron chi connectivity index (χ2n) is 5.70. The maximum absolute atomic E-state index is 12.3. The van der Waals surface area contributed by atoms with Crippen LogP contribution in [0, 0.1) is 21.8 Å². The van der Waals surface area contributed by atoms with Crippen LogP contribution in [-0.4, -0.2) is 5.91 Å². The SMILES string of the molecule is Cc1ccc(NC(=O)/C(C#N)=C/c2ccc(-c3ccc(I)cc3)o2)cc1. The zero-order valence-electron chi connectivity index (χ0n) is 14.0. The highest BCUT2D eigenvalue weighted by Crippen LogP contribution is 2.24. The highest BCUT2D eigenvalue weighted by Gasteiger charge is 2.11. The van der Waals surface area contributed by atoms with E-state index in [9.17, 15) is 10.1 Å². The minimum absolute atomic E-state index is 0.0194. The lowest BCUT2D eigenvalue weighted by Crippen LogP contribution is -2.13. The lowest BCUT2D eigenvalue weighted by molar-refractivity contribution is -0.112. The molecule has 2 aromatic carbocycles. The normalized spacial score (nSPS) is 11.0. The van der Waals surface area contributed by atoms with Gasteiger partial charge in [0.1, 0.15) is 23.2 Å². The van der Waals surface area contributed by atoms with Crippen molar-refractivity contribution in [2.24, 2.45) is 0 Å². The van der Waals surface area contributed by atoms with Crippen LogP contribution in [0.3, 0.4) is 0 Å². The molecule has 3 aromatic rings. The van der Waals surface area contributed by atoms with E-state index in [1.807, 2.05) is 55.5 Å². The van der Waals surface area contributed by atoms with Crippen LogP contribution in [0.15, 0.2) is 70.7 Å². The van der Waals surface area contributed by atoms with E-state index in [4.69, 9.17) is 4.42 Å². The molecule has 0 unspecified atom stereocenters. The maximum Gasteiger partial charge on any atom is 0.266 e. The number of anilines is 1. The number of nitrogens with one attached hydrogen (secondary N) is 1. The van der Waals surface area contributed by atoms with E-state index in [2.05, 4.69) is 27.9 Å². The Kier molecular flexibility index (Phi) is 5.54. The zero-order valence-corrected chi connectivity index (χ0v) is 16.2. The fourth-order valence-corrected chi connectivity index (χ4v) is 2.69. The van der Waals surface area contributed by atoms with E-state index in [0.717, 1.165) is 14.7 Å². The van der Waals surface area contributed by atoms with Crippen molar-refractivity contribution >= 4 is 40.3 Å². The third kappa shape index (κ3) is 4.41. The van der Waals surface area contributed by atoms with Gasteiger partial charge in [0.05, 0.1) is 0 Å². The summed E-state index contributed by atoms with van der Waals surface area (Å²) >= 11 is 2.24. The number of benzene rings is 2. The molecule has 1 heterocycles. The number of aryl methyl sites for hydroxylation is 1. The van der Waals surface area contributed by atoms with E-state index in [1.165, 1.54) is 6.08 Å². The first-order valence-corrected chi connectivity index (χ1v) is 8.98. The molecule has 0 atom stereocenters. The lowest BCUT2D eigenvalue weighted by atomic mass is 10.2. The number of hydrogen-bond donors (Lipinski definition) is 1. The van der Waals surface area contributed by atoms with Gasteiger partial charge in [-0.3, -0.25) is 4.79 Å². The summed E-state index contributed by atoms with van der Waals surface area (Å²) in [5.41, 5.74) is 2.65. The number of nitrogens with zero attached hydrogens (tertiary/aromatic N) is 1. The summed E-state index contributed by atoms with van der Waals surface area (Å²) in [4.78, 5) is 12.3. The van der Waals surface area contributed by atoms with Crippen molar-refractivity contribution in [1.82, 2.24) is 0 Å². The van der Waals surface area contributed by atoms with Crippen LogP contribution in [0.5, 0.6) is 0 Å². The molecule has 0 bridgehead atoms. The Bertz CT molecular complexity index is 994. The minimum atomic E-state index is -0.469. The van der Waals surface area contributed by atoms with E-state index in [1.54, 1.807) is 18.2 Å². The summed E-state index contributed by atoms with van der Waals surface area (Å²) < 4.78 is 6.88. The molecule has 1 N–H and O–H groups in total. The highest BCUT2D eigenvalue weighted by atomic mass is 127. The number of furan rings is 1. The van der Waals surface area contributed by atoms with Gasteiger partial charge in [0.15, 0.2) is 0 Å². The minimum Gasteiger partial charge on any atom is -0.457 e. The van der Waals surface area contributed by atoms with Gasteiger partial charge in [0, 0.05) is 20.9 Å². The number of amides is 1. The molecule has 26 heavy (non-hydrogen) atoms. The molecule has 0 fully saturated rings. The fourth-order valence-electron chi connectivity index (χ4n) is 2.33. The molecule has 1 aromatic heterocycles. The van der Waals surface area contributed by atoms with Gasteiger partial charge in [-0.2, -0.15) is 5.26 Å². The third-order valence-corrected chi connectivity index (χ3v) is 4.44. The maximum atomic E-state index is 12.3. The van der Waals surface area contributed by atoms with Gasteiger partial charge in [0.2, 0.25) is 0 Å². The van der Waals surface area contributed by atoms with Crippen molar-refractivity contribution in [3.8, 4) is 17.4 Å². The highest BCUT2D eigenvalue weighted by molar-refractivity contribution is 14.1. The van der Waals surface area contributed by atoms with Gasteiger partial charge in [-0.05, 0) is 65.9 Å². The van der Waals surface area contributed by atoms with Crippen LogP contribution in [-0.2, 0) is 4.79 Å². The average Bonchev–Trinajstić information content (AvgIpc) is 3.11. The van der Waals surface area contributed by atoms with Gasteiger partial charge < -0.3 is 9.73 Å². The van der Waals surface area contributed by atoms with Crippen molar-refractivity contribution in [3.63, 3.8) is 0 Å². The van der Waals surface area contributed by atoms with Gasteiger partial charge in [-0.1, -0.05) is 29.8 Å². The van der Waals surface area contributed by atoms with Gasteiger partial charge in [-0.25, -0.2) is 0 Å². The van der Waals surface area contributed by atoms with E-state index >= 15 is 0 Å². The Hall–Kier alpha value is -2.85. The molecule has 5 heteroatoms. The van der Waals surface area contributed by atoms with Crippen LogP contribution in [0.4, 0.5) is 5.69 Å². The van der Waals surface area contributed by atoms with E-state index in [-0.39, 0.29) is 5.57 Å². The van der Waals surface area contributed by atoms with Crippen molar-refractivity contribution in [2.45, 2.75) is 6.92 Å². The average molecular weight is 454 g/mol. The monoisotopic (exact) mass is 454 g/mol. The lowest BCUT2D eigenvalue weighted by Gasteiger charge is -2.04. The van der Waals surface area contributed by atoms with Crippen LogP contribution in [0.2, 0.25) is 0 Å². The molecular formula is C21H15IN2O2. The van der Waals surface area contributed by atoms with E-state index in [0.29, 0.717) is 17.2 Å². The second-order valence-corrected chi connectivity index (χ2v) is 6.94. The van der Waals surface area contributed by atoms with Crippen LogP contribution >= 0.6 is 22.6 Å². The molecule has 0 aliphatic rings. The van der Waals surface area contributed by atoms with Crippen molar-refractivity contribution in [1.29, 1.82) is 5.26 Å². The molecule has 0 spiro atoms. The summed E-state index contributed by atoms with van der Waals surface area (Å²) in [5, 5.41) is 12.0. The predicted octanol–water partition coefficient (Wildman–Crippen LogP) is 5.41. The molecule has 4 nitrogen and oxygen atoms in total. The molecule has 0 radical (unpaired) electrons. The Labute approximate surface area is 165 Å². The Morgan fingerprint density at radius 1 is 1.08 bits per heavy atom. The smallest absolute Gasteiger partial charge is 0.266 e. The Balaban J connectivity index is 1.78. The van der Waals surface area contributed by atoms with Crippen LogP contribution < -0.4 is 5.32 Å². The van der Waals surface area contributed by atoms with Crippen LogP contribution in [0.1, 0.15) is 11.3 Å². The van der Waals surface area contributed by atoms with Crippen LogP contribution in [0.25, 0.3) is 17.4 Å². The summed E-state index contributed by atoms with van der Waals surface area (Å²) in [7, 11) is 0. The molecule has 128 valence electrons. The number of halogens is 1. The second kappa shape index (κ2) is 8.02. The molecule has 1 amide bonds. The summed E-state index contributed by atoms with van der Waals surface area (Å²) in [6, 6.07) is 20.8. The topological polar surface area (TPSA) is 66.0 Å². The van der Waals surface area contributed by atoms with Gasteiger partial charge in [0.25, 0.3) is 5.91 Å². The van der Waals surface area contributed by atoms with Crippen molar-refractivity contribution in [3.05, 3.63) is 81.1 Å². The Morgan fingerprint density at radius 3 is 2.42 bits per heavy atom.